The number of benzene rings is 1. The summed E-state index contributed by atoms with van der Waals surface area (Å²) in [5.41, 5.74) is 1.29. The second-order valence-corrected chi connectivity index (χ2v) is 5.00. The van der Waals surface area contributed by atoms with Crippen molar-refractivity contribution in [2.45, 2.75) is 0 Å². The van der Waals surface area contributed by atoms with Crippen molar-refractivity contribution in [2.24, 2.45) is 0 Å². The lowest BCUT2D eigenvalue weighted by atomic mass is 10.2. The predicted molar refractivity (Wildman–Crippen MR) is 78.8 cm³/mol. The second-order valence-electron chi connectivity index (χ2n) is 4.14. The van der Waals surface area contributed by atoms with E-state index in [4.69, 9.17) is 9.47 Å². The lowest BCUT2D eigenvalue weighted by molar-refractivity contribution is -0.121. The molecule has 2 aromatic rings. The molecule has 21 heavy (non-hydrogen) atoms. The van der Waals surface area contributed by atoms with Crippen molar-refractivity contribution >= 4 is 22.4 Å². The van der Waals surface area contributed by atoms with Crippen molar-refractivity contribution in [2.75, 3.05) is 32.2 Å². The quantitative estimate of drug-likeness (QED) is 0.798. The minimum atomic E-state index is -0.322. The third-order valence-electron chi connectivity index (χ3n) is 2.54. The van der Waals surface area contributed by atoms with Crippen LogP contribution in [0.3, 0.4) is 0 Å². The van der Waals surface area contributed by atoms with E-state index < -0.39 is 0 Å². The van der Waals surface area contributed by atoms with E-state index >= 15 is 0 Å². The standard InChI is InChI=1S/C14H15FN2O3S/c1-19-5-6-20-8-13(18)17-14-16-12(9-21-14)10-3-2-4-11(15)7-10/h2-4,7,9H,5-6,8H2,1H3,(H,16,17,18). The molecule has 0 fully saturated rings. The molecule has 0 unspecified atom stereocenters. The molecule has 0 saturated carbocycles. The van der Waals surface area contributed by atoms with E-state index in [-0.39, 0.29) is 18.3 Å². The van der Waals surface area contributed by atoms with Gasteiger partial charge in [0, 0.05) is 18.1 Å². The third-order valence-corrected chi connectivity index (χ3v) is 3.29. The Morgan fingerprint density at radius 2 is 2.29 bits per heavy atom. The number of rotatable bonds is 7. The van der Waals surface area contributed by atoms with Gasteiger partial charge in [-0.05, 0) is 12.1 Å². The summed E-state index contributed by atoms with van der Waals surface area (Å²) in [7, 11) is 1.56. The van der Waals surface area contributed by atoms with Crippen LogP contribution in [0.5, 0.6) is 0 Å². The van der Waals surface area contributed by atoms with Crippen molar-refractivity contribution in [3.63, 3.8) is 0 Å². The summed E-state index contributed by atoms with van der Waals surface area (Å²) in [5.74, 6) is -0.608. The minimum absolute atomic E-state index is 0.0573. The van der Waals surface area contributed by atoms with Gasteiger partial charge in [-0.15, -0.1) is 11.3 Å². The third kappa shape index (κ3) is 4.89. The molecule has 2 rings (SSSR count). The van der Waals surface area contributed by atoms with Gasteiger partial charge >= 0.3 is 0 Å². The summed E-state index contributed by atoms with van der Waals surface area (Å²) in [5, 5.41) is 4.85. The van der Waals surface area contributed by atoms with Gasteiger partial charge in [-0.2, -0.15) is 0 Å². The van der Waals surface area contributed by atoms with Gasteiger partial charge in [-0.3, -0.25) is 10.1 Å². The number of methoxy groups -OCH3 is 1. The number of aromatic nitrogens is 1. The highest BCUT2D eigenvalue weighted by Crippen LogP contribution is 2.25. The average Bonchev–Trinajstić information content (AvgIpc) is 2.92. The normalized spacial score (nSPS) is 10.6. The molecule has 0 saturated heterocycles. The molecule has 0 atom stereocenters. The molecule has 0 spiro atoms. The maximum absolute atomic E-state index is 13.2. The number of anilines is 1. The average molecular weight is 310 g/mol. The Kier molecular flexibility index (Phi) is 5.79. The first-order valence-electron chi connectivity index (χ1n) is 6.27. The van der Waals surface area contributed by atoms with Gasteiger partial charge in [0.2, 0.25) is 0 Å². The van der Waals surface area contributed by atoms with E-state index in [1.54, 1.807) is 24.6 Å². The number of nitrogens with zero attached hydrogens (tertiary/aromatic N) is 1. The summed E-state index contributed by atoms with van der Waals surface area (Å²) < 4.78 is 23.1. The summed E-state index contributed by atoms with van der Waals surface area (Å²) >= 11 is 1.28. The van der Waals surface area contributed by atoms with E-state index in [2.05, 4.69) is 10.3 Å². The Hall–Kier alpha value is -1.83. The molecule has 1 amide bonds. The highest BCUT2D eigenvalue weighted by atomic mass is 32.1. The van der Waals surface area contributed by atoms with Gasteiger partial charge in [0.25, 0.3) is 5.91 Å². The fourth-order valence-corrected chi connectivity index (χ4v) is 2.31. The molecule has 1 heterocycles. The smallest absolute Gasteiger partial charge is 0.252 e. The van der Waals surface area contributed by atoms with Crippen LogP contribution in [0.15, 0.2) is 29.6 Å². The summed E-state index contributed by atoms with van der Waals surface area (Å²) in [6.07, 6.45) is 0. The highest BCUT2D eigenvalue weighted by Gasteiger charge is 2.08. The van der Waals surface area contributed by atoms with Crippen LogP contribution in [0.2, 0.25) is 0 Å². The summed E-state index contributed by atoms with van der Waals surface area (Å²) in [6, 6.07) is 6.15. The number of ether oxygens (including phenoxy) is 2. The second kappa shape index (κ2) is 7.82. The fourth-order valence-electron chi connectivity index (χ4n) is 1.57. The van der Waals surface area contributed by atoms with E-state index in [0.717, 1.165) is 0 Å². The zero-order chi connectivity index (χ0) is 15.1. The molecule has 5 nitrogen and oxygen atoms in total. The molecule has 1 N–H and O–H groups in total. The molecule has 1 aromatic carbocycles. The fraction of sp³-hybridized carbons (Fsp3) is 0.286. The zero-order valence-corrected chi connectivity index (χ0v) is 12.3. The van der Waals surface area contributed by atoms with Gasteiger partial charge in [0.15, 0.2) is 5.13 Å². The molecule has 7 heteroatoms. The molecule has 1 aromatic heterocycles. The SMILES string of the molecule is COCCOCC(=O)Nc1nc(-c2cccc(F)c2)cs1. The van der Waals surface area contributed by atoms with Crippen LogP contribution < -0.4 is 5.32 Å². The number of carbonyl (C=O) groups excluding carboxylic acids is 1. The first-order valence-corrected chi connectivity index (χ1v) is 7.15. The number of hydrogen-bond acceptors (Lipinski definition) is 5. The van der Waals surface area contributed by atoms with Crippen LogP contribution in [-0.4, -0.2) is 37.8 Å². The zero-order valence-electron chi connectivity index (χ0n) is 11.5. The summed E-state index contributed by atoms with van der Waals surface area (Å²) in [6.45, 7) is 0.739. The molecule has 0 aliphatic heterocycles. The minimum Gasteiger partial charge on any atom is -0.382 e. The van der Waals surface area contributed by atoms with E-state index in [9.17, 15) is 9.18 Å². The number of amides is 1. The molecular formula is C14H15FN2O3S. The van der Waals surface area contributed by atoms with Crippen LogP contribution in [0.25, 0.3) is 11.3 Å². The number of hydrogen-bond donors (Lipinski definition) is 1. The molecule has 0 aliphatic carbocycles. The number of nitrogens with one attached hydrogen (secondary N) is 1. The highest BCUT2D eigenvalue weighted by molar-refractivity contribution is 7.14. The Balaban J connectivity index is 1.90. The van der Waals surface area contributed by atoms with Gasteiger partial charge < -0.3 is 9.47 Å². The number of halogens is 1. The first-order chi connectivity index (χ1) is 10.2. The Morgan fingerprint density at radius 1 is 1.43 bits per heavy atom. The largest absolute Gasteiger partial charge is 0.382 e. The van der Waals surface area contributed by atoms with Crippen LogP contribution >= 0.6 is 11.3 Å². The molecule has 112 valence electrons. The van der Waals surface area contributed by atoms with Crippen LogP contribution in [-0.2, 0) is 14.3 Å². The van der Waals surface area contributed by atoms with Crippen LogP contribution in [0, 0.1) is 5.82 Å². The van der Waals surface area contributed by atoms with E-state index in [1.165, 1.54) is 23.5 Å². The van der Waals surface area contributed by atoms with Crippen molar-refractivity contribution in [1.82, 2.24) is 4.98 Å². The maximum Gasteiger partial charge on any atom is 0.252 e. The van der Waals surface area contributed by atoms with Gasteiger partial charge in [0.1, 0.15) is 12.4 Å². The van der Waals surface area contributed by atoms with Crippen LogP contribution in [0.1, 0.15) is 0 Å². The molecular weight excluding hydrogens is 295 g/mol. The Morgan fingerprint density at radius 3 is 3.05 bits per heavy atom. The molecule has 0 radical (unpaired) electrons. The van der Waals surface area contributed by atoms with Crippen molar-refractivity contribution in [3.8, 4) is 11.3 Å². The van der Waals surface area contributed by atoms with Crippen LogP contribution in [0.4, 0.5) is 9.52 Å². The predicted octanol–water partition coefficient (Wildman–Crippen LogP) is 2.55. The monoisotopic (exact) mass is 310 g/mol. The summed E-state index contributed by atoms with van der Waals surface area (Å²) in [4.78, 5) is 15.9. The lowest BCUT2D eigenvalue weighted by Crippen LogP contribution is -2.19. The number of thiazole rings is 1. The van der Waals surface area contributed by atoms with Crippen molar-refractivity contribution in [1.29, 1.82) is 0 Å². The van der Waals surface area contributed by atoms with E-state index in [1.807, 2.05) is 0 Å². The Labute approximate surface area is 125 Å². The van der Waals surface area contributed by atoms with Gasteiger partial charge in [-0.1, -0.05) is 12.1 Å². The molecule has 0 bridgehead atoms. The van der Waals surface area contributed by atoms with Gasteiger partial charge in [0.05, 0.1) is 18.9 Å². The number of carbonyl (C=O) groups is 1. The van der Waals surface area contributed by atoms with Crippen molar-refractivity contribution in [3.05, 3.63) is 35.5 Å². The van der Waals surface area contributed by atoms with Crippen molar-refractivity contribution < 1.29 is 18.7 Å². The maximum atomic E-state index is 13.2. The lowest BCUT2D eigenvalue weighted by Gasteiger charge is -2.03. The van der Waals surface area contributed by atoms with Gasteiger partial charge in [-0.25, -0.2) is 9.37 Å². The van der Waals surface area contributed by atoms with E-state index in [0.29, 0.717) is 29.6 Å². The topological polar surface area (TPSA) is 60.5 Å². The Bertz CT molecular complexity index is 603. The first kappa shape index (κ1) is 15.6. The molecule has 0 aliphatic rings.